The fourth-order valence-electron chi connectivity index (χ4n) is 2.03. The quantitative estimate of drug-likeness (QED) is 0.649. The standard InChI is InChI=1S/C16H14FN3O4/c1-10(21)18-12-4-2-11(3-5-12)8-16(22)19-13-6-7-14(17)15(9-13)20(23)24/h2-7,9H,8H2,1H3,(H,18,21)(H,19,22). The molecule has 2 aromatic rings. The van der Waals surface area contributed by atoms with E-state index in [0.29, 0.717) is 11.3 Å². The van der Waals surface area contributed by atoms with Crippen LogP contribution in [0.15, 0.2) is 42.5 Å². The molecular weight excluding hydrogens is 317 g/mol. The zero-order chi connectivity index (χ0) is 17.7. The third-order valence-corrected chi connectivity index (χ3v) is 3.07. The predicted molar refractivity (Wildman–Crippen MR) is 86.1 cm³/mol. The second kappa shape index (κ2) is 7.32. The number of nitrogens with zero attached hydrogens (tertiary/aromatic N) is 1. The molecule has 0 spiro atoms. The van der Waals surface area contributed by atoms with E-state index in [1.54, 1.807) is 24.3 Å². The van der Waals surface area contributed by atoms with Crippen LogP contribution < -0.4 is 10.6 Å². The lowest BCUT2D eigenvalue weighted by atomic mass is 10.1. The first-order valence-electron chi connectivity index (χ1n) is 6.95. The van der Waals surface area contributed by atoms with Crippen molar-refractivity contribution in [1.29, 1.82) is 0 Å². The number of rotatable bonds is 5. The Labute approximate surface area is 136 Å². The number of carbonyl (C=O) groups excluding carboxylic acids is 2. The minimum Gasteiger partial charge on any atom is -0.326 e. The van der Waals surface area contributed by atoms with Crippen molar-refractivity contribution in [3.05, 3.63) is 64.0 Å². The Kier molecular flexibility index (Phi) is 5.20. The Hall–Kier alpha value is -3.29. The zero-order valence-corrected chi connectivity index (χ0v) is 12.7. The maximum Gasteiger partial charge on any atom is 0.306 e. The number of halogens is 1. The highest BCUT2D eigenvalue weighted by Gasteiger charge is 2.15. The number of nitro groups is 1. The fraction of sp³-hybridized carbons (Fsp3) is 0.125. The first-order valence-corrected chi connectivity index (χ1v) is 6.95. The third-order valence-electron chi connectivity index (χ3n) is 3.07. The number of anilines is 2. The molecule has 0 saturated carbocycles. The lowest BCUT2D eigenvalue weighted by molar-refractivity contribution is -0.387. The van der Waals surface area contributed by atoms with Gasteiger partial charge in [-0.25, -0.2) is 0 Å². The molecule has 0 aliphatic heterocycles. The van der Waals surface area contributed by atoms with Gasteiger partial charge in [-0.15, -0.1) is 0 Å². The van der Waals surface area contributed by atoms with Crippen LogP contribution in [-0.2, 0) is 16.0 Å². The first-order chi connectivity index (χ1) is 11.3. The van der Waals surface area contributed by atoms with Crippen LogP contribution in [0.4, 0.5) is 21.5 Å². The fourth-order valence-corrected chi connectivity index (χ4v) is 2.03. The maximum atomic E-state index is 13.2. The summed E-state index contributed by atoms with van der Waals surface area (Å²) in [5.74, 6) is -1.56. The molecule has 0 aliphatic carbocycles. The van der Waals surface area contributed by atoms with Crippen LogP contribution in [-0.4, -0.2) is 16.7 Å². The Morgan fingerprint density at radius 1 is 1.08 bits per heavy atom. The van der Waals surface area contributed by atoms with E-state index in [1.165, 1.54) is 13.0 Å². The summed E-state index contributed by atoms with van der Waals surface area (Å²) < 4.78 is 13.2. The van der Waals surface area contributed by atoms with Crippen molar-refractivity contribution in [2.24, 2.45) is 0 Å². The summed E-state index contributed by atoms with van der Waals surface area (Å²) in [6.07, 6.45) is 0.0333. The van der Waals surface area contributed by atoms with Crippen LogP contribution >= 0.6 is 0 Å². The average Bonchev–Trinajstić information content (AvgIpc) is 2.50. The summed E-state index contributed by atoms with van der Waals surface area (Å²) in [5, 5.41) is 15.8. The predicted octanol–water partition coefficient (Wildman–Crippen LogP) is 2.87. The van der Waals surface area contributed by atoms with Gasteiger partial charge in [0.15, 0.2) is 0 Å². The van der Waals surface area contributed by atoms with Crippen molar-refractivity contribution in [3.8, 4) is 0 Å². The largest absolute Gasteiger partial charge is 0.326 e. The summed E-state index contributed by atoms with van der Waals surface area (Å²) >= 11 is 0. The monoisotopic (exact) mass is 331 g/mol. The van der Waals surface area contributed by atoms with E-state index in [4.69, 9.17) is 0 Å². The van der Waals surface area contributed by atoms with E-state index in [2.05, 4.69) is 10.6 Å². The van der Waals surface area contributed by atoms with Gasteiger partial charge >= 0.3 is 5.69 Å². The molecule has 124 valence electrons. The van der Waals surface area contributed by atoms with Gasteiger partial charge in [0, 0.05) is 24.4 Å². The second-order valence-electron chi connectivity index (χ2n) is 5.03. The Balaban J connectivity index is 2.02. The zero-order valence-electron chi connectivity index (χ0n) is 12.7. The molecule has 24 heavy (non-hydrogen) atoms. The molecule has 0 aromatic heterocycles. The lowest BCUT2D eigenvalue weighted by Gasteiger charge is -2.07. The molecule has 2 amide bonds. The van der Waals surface area contributed by atoms with Crippen molar-refractivity contribution < 1.29 is 18.9 Å². The number of hydrogen-bond acceptors (Lipinski definition) is 4. The molecule has 0 aliphatic rings. The smallest absolute Gasteiger partial charge is 0.306 e. The lowest BCUT2D eigenvalue weighted by Crippen LogP contribution is -2.14. The van der Waals surface area contributed by atoms with Crippen LogP contribution in [0.25, 0.3) is 0 Å². The third kappa shape index (κ3) is 4.60. The molecule has 0 atom stereocenters. The van der Waals surface area contributed by atoms with Gasteiger partial charge in [0.05, 0.1) is 11.3 Å². The van der Waals surface area contributed by atoms with E-state index >= 15 is 0 Å². The number of nitrogens with one attached hydrogen (secondary N) is 2. The van der Waals surface area contributed by atoms with Crippen LogP contribution in [0.3, 0.4) is 0 Å². The maximum absolute atomic E-state index is 13.2. The van der Waals surface area contributed by atoms with Crippen molar-refractivity contribution >= 4 is 28.9 Å². The van der Waals surface area contributed by atoms with Crippen molar-refractivity contribution in [3.63, 3.8) is 0 Å². The summed E-state index contributed by atoms with van der Waals surface area (Å²) in [6, 6.07) is 9.82. The normalized spacial score (nSPS) is 10.1. The molecule has 0 unspecified atom stereocenters. The molecule has 0 saturated heterocycles. The SMILES string of the molecule is CC(=O)Nc1ccc(CC(=O)Nc2ccc(F)c([N+](=O)[O-])c2)cc1. The van der Waals surface area contributed by atoms with Crippen molar-refractivity contribution in [2.75, 3.05) is 10.6 Å². The second-order valence-corrected chi connectivity index (χ2v) is 5.03. The van der Waals surface area contributed by atoms with E-state index in [9.17, 15) is 24.1 Å². The van der Waals surface area contributed by atoms with Gasteiger partial charge in [-0.3, -0.25) is 19.7 Å². The molecule has 8 heteroatoms. The van der Waals surface area contributed by atoms with E-state index in [-0.39, 0.29) is 18.0 Å². The minimum absolute atomic E-state index is 0.0333. The molecule has 0 heterocycles. The summed E-state index contributed by atoms with van der Waals surface area (Å²) in [6.45, 7) is 1.39. The molecule has 2 aromatic carbocycles. The van der Waals surface area contributed by atoms with E-state index < -0.39 is 22.3 Å². The van der Waals surface area contributed by atoms with Gasteiger partial charge in [-0.05, 0) is 29.8 Å². The number of nitro benzene ring substituents is 1. The Bertz CT molecular complexity index is 790. The molecule has 0 fully saturated rings. The highest BCUT2D eigenvalue weighted by Crippen LogP contribution is 2.21. The molecule has 0 bridgehead atoms. The first kappa shape index (κ1) is 17.1. The number of amides is 2. The molecular formula is C16H14FN3O4. The molecule has 2 N–H and O–H groups in total. The molecule has 2 rings (SSSR count). The molecule has 0 radical (unpaired) electrons. The van der Waals surface area contributed by atoms with Crippen LogP contribution in [0.5, 0.6) is 0 Å². The van der Waals surface area contributed by atoms with Gasteiger partial charge in [0.1, 0.15) is 0 Å². The minimum atomic E-state index is -0.966. The Morgan fingerprint density at radius 3 is 2.29 bits per heavy atom. The van der Waals surface area contributed by atoms with Gasteiger partial charge in [0.25, 0.3) is 0 Å². The summed E-state index contributed by atoms with van der Waals surface area (Å²) in [7, 11) is 0. The number of benzene rings is 2. The number of hydrogen-bond donors (Lipinski definition) is 2. The highest BCUT2D eigenvalue weighted by atomic mass is 19.1. The Morgan fingerprint density at radius 2 is 1.71 bits per heavy atom. The van der Waals surface area contributed by atoms with E-state index in [1.807, 2.05) is 0 Å². The van der Waals surface area contributed by atoms with E-state index in [0.717, 1.165) is 12.1 Å². The van der Waals surface area contributed by atoms with Crippen molar-refractivity contribution in [2.45, 2.75) is 13.3 Å². The highest BCUT2D eigenvalue weighted by molar-refractivity contribution is 5.93. The number of carbonyl (C=O) groups is 2. The molecule has 7 nitrogen and oxygen atoms in total. The summed E-state index contributed by atoms with van der Waals surface area (Å²) in [4.78, 5) is 32.7. The average molecular weight is 331 g/mol. The summed E-state index contributed by atoms with van der Waals surface area (Å²) in [5.41, 5.74) is 0.745. The van der Waals surface area contributed by atoms with Crippen LogP contribution in [0.2, 0.25) is 0 Å². The van der Waals surface area contributed by atoms with Crippen molar-refractivity contribution in [1.82, 2.24) is 0 Å². The van der Waals surface area contributed by atoms with Crippen LogP contribution in [0.1, 0.15) is 12.5 Å². The van der Waals surface area contributed by atoms with Gasteiger partial charge in [-0.2, -0.15) is 4.39 Å². The van der Waals surface area contributed by atoms with Crippen LogP contribution in [0, 0.1) is 15.9 Å². The topological polar surface area (TPSA) is 101 Å². The van der Waals surface area contributed by atoms with Gasteiger partial charge in [0.2, 0.25) is 17.6 Å². The van der Waals surface area contributed by atoms with Gasteiger partial charge < -0.3 is 10.6 Å². The van der Waals surface area contributed by atoms with Gasteiger partial charge in [-0.1, -0.05) is 12.1 Å².